The van der Waals surface area contributed by atoms with Crippen molar-refractivity contribution in [1.29, 1.82) is 0 Å². The molecule has 0 aromatic heterocycles. The molecule has 2 heteroatoms. The highest BCUT2D eigenvalue weighted by atomic mass is 15.0. The van der Waals surface area contributed by atoms with Crippen molar-refractivity contribution in [3.63, 3.8) is 0 Å². The Morgan fingerprint density at radius 1 is 2.12 bits per heavy atom. The average molecular weight is 109 g/mol. The van der Waals surface area contributed by atoms with Gasteiger partial charge in [0.1, 0.15) is 5.84 Å². The van der Waals surface area contributed by atoms with Crippen LogP contribution < -0.4 is 5.31 Å². The Bertz CT molecular complexity index is 172. The Morgan fingerprint density at radius 3 is 3.50 bits per heavy atom. The van der Waals surface area contributed by atoms with Crippen molar-refractivity contribution >= 4 is 5.84 Å². The van der Waals surface area contributed by atoms with E-state index in [4.69, 9.17) is 1.41 Å². The van der Waals surface area contributed by atoms with Crippen LogP contribution in [0.5, 0.6) is 0 Å². The minimum absolute atomic E-state index is 0.602. The van der Waals surface area contributed by atoms with Gasteiger partial charge >= 0.3 is 0 Å². The molecule has 1 aliphatic rings. The first-order valence-electron chi connectivity index (χ1n) is 2.91. The lowest BCUT2D eigenvalue weighted by atomic mass is 10.4. The van der Waals surface area contributed by atoms with Gasteiger partial charge in [-0.15, -0.1) is 0 Å². The zero-order valence-corrected chi connectivity index (χ0v) is 4.54. The maximum atomic E-state index is 7.21. The minimum Gasteiger partial charge on any atom is -0.367 e. The third kappa shape index (κ3) is 0.964. The molecule has 0 amide bonds. The first-order chi connectivity index (χ1) is 4.34. The summed E-state index contributed by atoms with van der Waals surface area (Å²) in [6.45, 7) is 4.11. The Kier molecular flexibility index (Phi) is 1.12. The second-order valence-corrected chi connectivity index (χ2v) is 1.42. The van der Waals surface area contributed by atoms with Crippen molar-refractivity contribution in [3.8, 4) is 0 Å². The number of hydrogen-bond donors (Lipinski definition) is 1. The fraction of sp³-hybridized carbons (Fsp3) is 0.167. The molecular weight excluding hydrogens is 100 g/mol. The molecule has 0 spiro atoms. The largest absolute Gasteiger partial charge is 0.367 e. The van der Waals surface area contributed by atoms with Crippen molar-refractivity contribution in [2.24, 2.45) is 4.99 Å². The van der Waals surface area contributed by atoms with Crippen LogP contribution in [0.2, 0.25) is 1.41 Å². The molecule has 2 nitrogen and oxygen atoms in total. The molecule has 0 saturated carbocycles. The van der Waals surface area contributed by atoms with Crippen LogP contribution in [0.4, 0.5) is 0 Å². The van der Waals surface area contributed by atoms with Gasteiger partial charge in [0.2, 0.25) is 0 Å². The molecule has 0 aromatic carbocycles. The summed E-state index contributed by atoms with van der Waals surface area (Å²) >= 11 is 0. The van der Waals surface area contributed by atoms with Gasteiger partial charge in [-0.2, -0.15) is 0 Å². The summed E-state index contributed by atoms with van der Waals surface area (Å²) in [5.74, 6) is 0.609. The van der Waals surface area contributed by atoms with Gasteiger partial charge in [0, 0.05) is 12.7 Å². The van der Waals surface area contributed by atoms with Crippen LogP contribution in [-0.2, 0) is 0 Å². The van der Waals surface area contributed by atoms with E-state index in [2.05, 4.69) is 11.6 Å². The van der Waals surface area contributed by atoms with Crippen LogP contribution in [0.25, 0.3) is 0 Å². The van der Waals surface area contributed by atoms with Gasteiger partial charge in [-0.25, -0.2) is 4.99 Å². The van der Waals surface area contributed by atoms with Gasteiger partial charge in [0.25, 0.3) is 0 Å². The van der Waals surface area contributed by atoms with Gasteiger partial charge in [0.05, 0.1) is 0 Å². The van der Waals surface area contributed by atoms with Crippen molar-refractivity contribution < 1.29 is 1.41 Å². The molecule has 8 heavy (non-hydrogen) atoms. The predicted molar refractivity (Wildman–Crippen MR) is 34.8 cm³/mol. The molecule has 0 radical (unpaired) electrons. The normalized spacial score (nSPS) is 19.8. The van der Waals surface area contributed by atoms with E-state index in [0.29, 0.717) is 12.4 Å². The quantitative estimate of drug-likeness (QED) is 0.526. The fourth-order valence-electron chi connectivity index (χ4n) is 0.481. The van der Waals surface area contributed by atoms with Crippen molar-refractivity contribution in [2.75, 3.05) is 6.54 Å². The summed E-state index contributed by atoms with van der Waals surface area (Å²) in [6.07, 6.45) is 5.07. The van der Waals surface area contributed by atoms with Gasteiger partial charge in [-0.1, -0.05) is 6.58 Å². The van der Waals surface area contributed by atoms with E-state index in [9.17, 15) is 0 Å². The second-order valence-electron chi connectivity index (χ2n) is 1.42. The Hall–Kier alpha value is -1.05. The maximum Gasteiger partial charge on any atom is 0.162 e. The summed E-state index contributed by atoms with van der Waals surface area (Å²) < 4.78 is 7.21. The van der Waals surface area contributed by atoms with Gasteiger partial charge in [-0.05, 0) is 12.2 Å². The van der Waals surface area contributed by atoms with Gasteiger partial charge < -0.3 is 5.31 Å². The minimum atomic E-state index is 0.602. The molecule has 0 bridgehead atoms. The van der Waals surface area contributed by atoms with Crippen molar-refractivity contribution in [1.82, 2.24) is 5.31 Å². The number of hydrogen-bond acceptors (Lipinski definition) is 2. The lowest BCUT2D eigenvalue weighted by Crippen LogP contribution is -2.22. The second kappa shape index (κ2) is 2.31. The Morgan fingerprint density at radius 2 is 3.00 bits per heavy atom. The smallest absolute Gasteiger partial charge is 0.162 e. The highest BCUT2D eigenvalue weighted by Gasteiger charge is 1.89. The monoisotopic (exact) mass is 109 g/mol. The third-order valence-corrected chi connectivity index (χ3v) is 0.853. The van der Waals surface area contributed by atoms with Crippen LogP contribution in [0, 0.1) is 0 Å². The summed E-state index contributed by atoms with van der Waals surface area (Å²) in [7, 11) is 0. The molecule has 1 aliphatic heterocycles. The summed E-state index contributed by atoms with van der Waals surface area (Å²) in [6, 6.07) is 0. The zero-order chi connectivity index (χ0) is 6.69. The number of aliphatic imine (C=N–C) groups is 1. The molecular formula is C6H8N2. The van der Waals surface area contributed by atoms with Crippen LogP contribution in [0.1, 0.15) is 0 Å². The Labute approximate surface area is 50.1 Å². The zero-order valence-electron chi connectivity index (χ0n) is 5.54. The molecule has 1 N–H and O–H groups in total. The van der Waals surface area contributed by atoms with Crippen LogP contribution in [-0.4, -0.2) is 12.4 Å². The topological polar surface area (TPSA) is 24.4 Å². The molecule has 0 aromatic rings. The van der Waals surface area contributed by atoms with E-state index in [1.54, 1.807) is 12.3 Å². The van der Waals surface area contributed by atoms with E-state index in [1.807, 2.05) is 6.08 Å². The van der Waals surface area contributed by atoms with Crippen molar-refractivity contribution in [2.45, 2.75) is 0 Å². The van der Waals surface area contributed by atoms with E-state index in [0.717, 1.165) is 0 Å². The van der Waals surface area contributed by atoms with E-state index >= 15 is 0 Å². The lowest BCUT2D eigenvalue weighted by molar-refractivity contribution is 1.02. The van der Waals surface area contributed by atoms with Crippen LogP contribution in [0.15, 0.2) is 29.9 Å². The van der Waals surface area contributed by atoms with E-state index in [1.165, 1.54) is 5.31 Å². The number of nitrogens with zero attached hydrogens (tertiary/aromatic N) is 1. The summed E-state index contributed by atoms with van der Waals surface area (Å²) in [5, 5.41) is 1.28. The van der Waals surface area contributed by atoms with Crippen LogP contribution in [0.3, 0.4) is 0 Å². The first kappa shape index (κ1) is 3.89. The van der Waals surface area contributed by atoms with Gasteiger partial charge in [-0.3, -0.25) is 0 Å². The third-order valence-electron chi connectivity index (χ3n) is 0.853. The molecule has 0 aliphatic carbocycles. The van der Waals surface area contributed by atoms with Gasteiger partial charge in [0.15, 0.2) is 1.41 Å². The lowest BCUT2D eigenvalue weighted by Gasteiger charge is -2.03. The predicted octanol–water partition coefficient (Wildman–Crippen LogP) is 0.688. The Balaban J connectivity index is 2.74. The summed E-state index contributed by atoms with van der Waals surface area (Å²) in [5.41, 5.74) is 0. The van der Waals surface area contributed by atoms with Crippen molar-refractivity contribution in [3.05, 3.63) is 24.9 Å². The number of rotatable bonds is 1. The summed E-state index contributed by atoms with van der Waals surface area (Å²) in [4.78, 5) is 3.89. The maximum absolute atomic E-state index is 7.21. The van der Waals surface area contributed by atoms with E-state index < -0.39 is 0 Å². The molecule has 0 fully saturated rings. The van der Waals surface area contributed by atoms with Crippen LogP contribution >= 0.6 is 0 Å². The molecule has 42 valence electrons. The standard InChI is InChI=1S/C6H8N2/c1-2-6-7-4-3-5-8-6/h2-4H,1,5H2,(H,7,8)/i/hD. The highest BCUT2D eigenvalue weighted by Crippen LogP contribution is 1.84. The number of amidine groups is 1. The first-order valence-corrected chi connectivity index (χ1v) is 2.46. The molecule has 0 unspecified atom stereocenters. The molecule has 1 rings (SSSR count). The highest BCUT2D eigenvalue weighted by molar-refractivity contribution is 5.93. The number of nitrogens with one attached hydrogen (secondary N) is 1. The molecule has 0 saturated heterocycles. The SMILES string of the molecule is [2H]N1CC=CN=C1C=C. The molecule has 0 atom stereocenters. The fourth-order valence-corrected chi connectivity index (χ4v) is 0.481. The molecule has 1 heterocycles. The van der Waals surface area contributed by atoms with E-state index in [-0.39, 0.29) is 0 Å². The average Bonchev–Trinajstić information content (AvgIpc) is 1.89.